The molecule has 0 aliphatic carbocycles. The first kappa shape index (κ1) is 13.8. The van der Waals surface area contributed by atoms with Crippen molar-refractivity contribution >= 4 is 0 Å². The summed E-state index contributed by atoms with van der Waals surface area (Å²) < 4.78 is 4.02. The second-order valence-corrected chi connectivity index (χ2v) is 5.07. The highest BCUT2D eigenvalue weighted by atomic mass is 15.3. The molecule has 2 aromatic rings. The van der Waals surface area contributed by atoms with Crippen LogP contribution in [0.2, 0.25) is 0 Å². The van der Waals surface area contributed by atoms with Crippen LogP contribution in [-0.4, -0.2) is 19.6 Å². The minimum atomic E-state index is 0.414. The smallest absolute Gasteiger partial charge is 0.0762 e. The van der Waals surface area contributed by atoms with Gasteiger partial charge in [-0.2, -0.15) is 10.2 Å². The molecule has 0 saturated heterocycles. The molecule has 2 aromatic heterocycles. The Bertz CT molecular complexity index is 524. The summed E-state index contributed by atoms with van der Waals surface area (Å²) >= 11 is 0. The molecule has 0 spiro atoms. The average molecular weight is 261 g/mol. The first-order valence-corrected chi connectivity index (χ1v) is 6.87. The summed E-state index contributed by atoms with van der Waals surface area (Å²) in [5, 5.41) is 12.3. The molecule has 104 valence electrons. The van der Waals surface area contributed by atoms with Crippen LogP contribution in [0.4, 0.5) is 0 Å². The van der Waals surface area contributed by atoms with Crippen molar-refractivity contribution < 1.29 is 0 Å². The summed E-state index contributed by atoms with van der Waals surface area (Å²) in [6.45, 7) is 11.0. The Balaban J connectivity index is 1.90. The van der Waals surface area contributed by atoms with Gasteiger partial charge in [-0.05, 0) is 39.3 Å². The van der Waals surface area contributed by atoms with Crippen LogP contribution in [0.3, 0.4) is 0 Å². The fourth-order valence-corrected chi connectivity index (χ4v) is 2.08. The Labute approximate surface area is 114 Å². The summed E-state index contributed by atoms with van der Waals surface area (Å²) in [4.78, 5) is 0. The molecule has 5 nitrogen and oxygen atoms in total. The first-order valence-electron chi connectivity index (χ1n) is 6.87. The Morgan fingerprint density at radius 2 is 2.11 bits per heavy atom. The molecule has 0 fully saturated rings. The highest BCUT2D eigenvalue weighted by Crippen LogP contribution is 2.08. The summed E-state index contributed by atoms with van der Waals surface area (Å²) in [5.41, 5.74) is 3.57. The maximum absolute atomic E-state index is 4.53. The second-order valence-electron chi connectivity index (χ2n) is 5.07. The molecule has 2 heterocycles. The van der Waals surface area contributed by atoms with Gasteiger partial charge in [0.2, 0.25) is 0 Å². The molecule has 0 bridgehead atoms. The molecule has 1 N–H and O–H groups in total. The average Bonchev–Trinajstić information content (AvgIpc) is 2.98. The molecule has 5 heteroatoms. The lowest BCUT2D eigenvalue weighted by atomic mass is 10.2. The minimum absolute atomic E-state index is 0.414. The molecule has 19 heavy (non-hydrogen) atoms. The fraction of sp³-hybridized carbons (Fsp3) is 0.571. The Morgan fingerprint density at radius 3 is 2.74 bits per heavy atom. The van der Waals surface area contributed by atoms with Crippen LogP contribution in [0.15, 0.2) is 18.5 Å². The van der Waals surface area contributed by atoms with Crippen LogP contribution in [0.25, 0.3) is 0 Å². The van der Waals surface area contributed by atoms with E-state index >= 15 is 0 Å². The quantitative estimate of drug-likeness (QED) is 0.868. The summed E-state index contributed by atoms with van der Waals surface area (Å²) in [5.74, 6) is 0. The van der Waals surface area contributed by atoms with Crippen molar-refractivity contribution in [2.75, 3.05) is 0 Å². The maximum Gasteiger partial charge on any atom is 0.0762 e. The largest absolute Gasteiger partial charge is 0.305 e. The lowest BCUT2D eigenvalue weighted by Crippen LogP contribution is -2.17. The van der Waals surface area contributed by atoms with Gasteiger partial charge in [0.25, 0.3) is 0 Å². The molecule has 0 aliphatic rings. The van der Waals surface area contributed by atoms with E-state index in [1.165, 1.54) is 11.3 Å². The van der Waals surface area contributed by atoms with Gasteiger partial charge in [-0.15, -0.1) is 0 Å². The number of hydrogen-bond acceptors (Lipinski definition) is 3. The highest BCUT2D eigenvalue weighted by Gasteiger charge is 2.06. The zero-order valence-electron chi connectivity index (χ0n) is 12.2. The normalized spacial score (nSPS) is 11.4. The summed E-state index contributed by atoms with van der Waals surface area (Å²) in [6.07, 6.45) is 3.96. The molecule has 0 atom stereocenters. The number of nitrogens with zero attached hydrogens (tertiary/aromatic N) is 4. The first-order chi connectivity index (χ1) is 9.11. The molecular formula is C14H23N5. The topological polar surface area (TPSA) is 47.7 Å². The number of aromatic nitrogens is 4. The van der Waals surface area contributed by atoms with Gasteiger partial charge in [-0.1, -0.05) is 0 Å². The maximum atomic E-state index is 4.53. The lowest BCUT2D eigenvalue weighted by molar-refractivity contribution is 0.518. The van der Waals surface area contributed by atoms with Gasteiger partial charge in [0.1, 0.15) is 0 Å². The number of nitrogens with one attached hydrogen (secondary N) is 1. The molecule has 0 aromatic carbocycles. The van der Waals surface area contributed by atoms with E-state index in [1.807, 2.05) is 21.8 Å². The standard InChI is InChI=1S/C14H23N5/c1-5-18-14(12(4)8-16-18)10-15-9-13-6-7-19(17-13)11(2)3/h6-8,11,15H,5,9-10H2,1-4H3. The van der Waals surface area contributed by atoms with Gasteiger partial charge in [0.05, 0.1) is 17.6 Å². The van der Waals surface area contributed by atoms with Crippen molar-refractivity contribution in [1.82, 2.24) is 24.9 Å². The van der Waals surface area contributed by atoms with E-state index in [1.54, 1.807) is 0 Å². The molecule has 0 radical (unpaired) electrons. The van der Waals surface area contributed by atoms with E-state index in [4.69, 9.17) is 0 Å². The van der Waals surface area contributed by atoms with Gasteiger partial charge < -0.3 is 5.32 Å². The van der Waals surface area contributed by atoms with E-state index in [0.29, 0.717) is 6.04 Å². The Morgan fingerprint density at radius 1 is 1.32 bits per heavy atom. The molecule has 0 saturated carbocycles. The van der Waals surface area contributed by atoms with Crippen molar-refractivity contribution in [3.05, 3.63) is 35.4 Å². The third-order valence-corrected chi connectivity index (χ3v) is 3.25. The number of rotatable bonds is 6. The predicted molar refractivity (Wildman–Crippen MR) is 75.8 cm³/mol. The van der Waals surface area contributed by atoms with Crippen molar-refractivity contribution in [2.45, 2.75) is 53.4 Å². The van der Waals surface area contributed by atoms with Gasteiger partial charge in [-0.3, -0.25) is 9.36 Å². The molecule has 0 amide bonds. The van der Waals surface area contributed by atoms with Crippen LogP contribution in [0.5, 0.6) is 0 Å². The predicted octanol–water partition coefficient (Wildman–Crippen LogP) is 2.28. The summed E-state index contributed by atoms with van der Waals surface area (Å²) in [6, 6.07) is 2.48. The minimum Gasteiger partial charge on any atom is -0.305 e. The van der Waals surface area contributed by atoms with Crippen LogP contribution in [0.1, 0.15) is 43.8 Å². The van der Waals surface area contributed by atoms with Crippen molar-refractivity contribution in [2.24, 2.45) is 0 Å². The zero-order chi connectivity index (χ0) is 13.8. The van der Waals surface area contributed by atoms with Crippen molar-refractivity contribution in [3.8, 4) is 0 Å². The third kappa shape index (κ3) is 3.23. The van der Waals surface area contributed by atoms with E-state index in [9.17, 15) is 0 Å². The van der Waals surface area contributed by atoms with Crippen LogP contribution in [-0.2, 0) is 19.6 Å². The Hall–Kier alpha value is -1.62. The fourth-order valence-electron chi connectivity index (χ4n) is 2.08. The van der Waals surface area contributed by atoms with Crippen molar-refractivity contribution in [1.29, 1.82) is 0 Å². The number of aryl methyl sites for hydroxylation is 2. The van der Waals surface area contributed by atoms with Gasteiger partial charge in [0.15, 0.2) is 0 Å². The molecule has 2 rings (SSSR count). The van der Waals surface area contributed by atoms with E-state index in [-0.39, 0.29) is 0 Å². The summed E-state index contributed by atoms with van der Waals surface area (Å²) in [7, 11) is 0. The zero-order valence-corrected chi connectivity index (χ0v) is 12.2. The molecule has 0 aliphatic heterocycles. The van der Waals surface area contributed by atoms with Crippen molar-refractivity contribution in [3.63, 3.8) is 0 Å². The van der Waals surface area contributed by atoms with E-state index in [2.05, 4.69) is 49.3 Å². The van der Waals surface area contributed by atoms with Gasteiger partial charge in [0, 0.05) is 31.9 Å². The van der Waals surface area contributed by atoms with E-state index < -0.39 is 0 Å². The van der Waals surface area contributed by atoms with Gasteiger partial charge in [-0.25, -0.2) is 0 Å². The highest BCUT2D eigenvalue weighted by molar-refractivity contribution is 5.15. The SMILES string of the molecule is CCn1ncc(C)c1CNCc1ccn(C(C)C)n1. The van der Waals surface area contributed by atoms with E-state index in [0.717, 1.165) is 25.3 Å². The lowest BCUT2D eigenvalue weighted by Gasteiger charge is -2.07. The second kappa shape index (κ2) is 6.02. The Kier molecular flexibility index (Phi) is 4.37. The molecule has 0 unspecified atom stereocenters. The van der Waals surface area contributed by atoms with Crippen LogP contribution >= 0.6 is 0 Å². The van der Waals surface area contributed by atoms with Gasteiger partial charge >= 0.3 is 0 Å². The third-order valence-electron chi connectivity index (χ3n) is 3.25. The number of hydrogen-bond donors (Lipinski definition) is 1. The van der Waals surface area contributed by atoms with Crippen LogP contribution in [0, 0.1) is 6.92 Å². The van der Waals surface area contributed by atoms with Crippen LogP contribution < -0.4 is 5.32 Å². The monoisotopic (exact) mass is 261 g/mol. The molecular weight excluding hydrogens is 238 g/mol.